The molecule has 0 spiro atoms. The van der Waals surface area contributed by atoms with Gasteiger partial charge in [0, 0.05) is 31.7 Å². The Hall–Kier alpha value is -0.920. The Bertz CT molecular complexity index is 649. The zero-order valence-corrected chi connectivity index (χ0v) is 15.5. The van der Waals surface area contributed by atoms with Crippen molar-refractivity contribution < 1.29 is 8.42 Å². The lowest BCUT2D eigenvalue weighted by molar-refractivity contribution is 0.268. The lowest BCUT2D eigenvalue weighted by Crippen LogP contribution is -2.37. The second kappa shape index (κ2) is 5.86. The molecule has 3 rings (SSSR count). The Morgan fingerprint density at radius 2 is 1.61 bits per heavy atom. The molecule has 1 aromatic heterocycles. The van der Waals surface area contributed by atoms with Crippen LogP contribution in [0.1, 0.15) is 31.2 Å². The molecule has 6 nitrogen and oxygen atoms in total. The van der Waals surface area contributed by atoms with Gasteiger partial charge in [-0.3, -0.25) is 4.68 Å². The van der Waals surface area contributed by atoms with E-state index >= 15 is 0 Å². The van der Waals surface area contributed by atoms with Crippen molar-refractivity contribution in [2.75, 3.05) is 21.1 Å². The van der Waals surface area contributed by atoms with Gasteiger partial charge in [0.15, 0.2) is 5.03 Å². The number of rotatable bonds is 4. The van der Waals surface area contributed by atoms with E-state index in [-0.39, 0.29) is 6.04 Å². The van der Waals surface area contributed by atoms with E-state index < -0.39 is 10.0 Å². The monoisotopic (exact) mass is 340 g/mol. The molecule has 0 N–H and O–H groups in total. The maximum Gasteiger partial charge on any atom is 0.260 e. The summed E-state index contributed by atoms with van der Waals surface area (Å²) in [6.45, 7) is 1.80. The van der Waals surface area contributed by atoms with Crippen LogP contribution in [-0.2, 0) is 17.1 Å². The summed E-state index contributed by atoms with van der Waals surface area (Å²) in [7, 11) is 4.24. The van der Waals surface area contributed by atoms with Gasteiger partial charge in [-0.2, -0.15) is 9.40 Å². The molecule has 1 aromatic rings. The topological polar surface area (TPSA) is 58.4 Å². The second-order valence-corrected chi connectivity index (χ2v) is 9.42. The normalized spacial score (nSPS) is 31.3. The van der Waals surface area contributed by atoms with Crippen LogP contribution in [0.5, 0.6) is 0 Å². The molecule has 2 aliphatic carbocycles. The molecule has 2 aliphatic rings. The maximum atomic E-state index is 13.0. The highest BCUT2D eigenvalue weighted by Crippen LogP contribution is 2.47. The minimum absolute atomic E-state index is 0.118. The molecule has 0 aliphatic heterocycles. The van der Waals surface area contributed by atoms with Gasteiger partial charge in [-0.25, -0.2) is 8.42 Å². The Kier molecular flexibility index (Phi) is 4.31. The average molecular weight is 340 g/mol. The van der Waals surface area contributed by atoms with E-state index in [9.17, 15) is 8.42 Å². The number of sulfonamides is 1. The molecule has 2 saturated carbocycles. The third-order valence-corrected chi connectivity index (χ3v) is 8.02. The molecule has 0 bridgehead atoms. The van der Waals surface area contributed by atoms with E-state index in [1.54, 1.807) is 31.5 Å². The van der Waals surface area contributed by atoms with Crippen molar-refractivity contribution in [2.45, 2.75) is 49.7 Å². The Labute approximate surface area is 139 Å². The van der Waals surface area contributed by atoms with E-state index in [1.807, 2.05) is 0 Å². The van der Waals surface area contributed by atoms with Crippen LogP contribution in [0.15, 0.2) is 11.2 Å². The zero-order chi connectivity index (χ0) is 16.9. The van der Waals surface area contributed by atoms with E-state index in [4.69, 9.17) is 0 Å². The highest BCUT2D eigenvalue weighted by atomic mass is 32.2. The van der Waals surface area contributed by atoms with Crippen LogP contribution in [0.4, 0.5) is 0 Å². The van der Waals surface area contributed by atoms with Gasteiger partial charge in [0.05, 0.1) is 6.20 Å². The van der Waals surface area contributed by atoms with Crippen molar-refractivity contribution in [3.8, 4) is 0 Å². The Balaban J connectivity index is 1.75. The largest absolute Gasteiger partial charge is 0.306 e. The van der Waals surface area contributed by atoms with Crippen LogP contribution >= 0.6 is 0 Å². The molecule has 0 amide bonds. The van der Waals surface area contributed by atoms with Crippen molar-refractivity contribution in [3.05, 3.63) is 11.8 Å². The van der Waals surface area contributed by atoms with E-state index in [2.05, 4.69) is 24.1 Å². The van der Waals surface area contributed by atoms with Gasteiger partial charge in [0.2, 0.25) is 0 Å². The van der Waals surface area contributed by atoms with Crippen LogP contribution in [0.25, 0.3) is 0 Å². The fourth-order valence-corrected chi connectivity index (χ4v) is 6.19. The van der Waals surface area contributed by atoms with Gasteiger partial charge in [-0.05, 0) is 58.5 Å². The molecule has 2 fully saturated rings. The van der Waals surface area contributed by atoms with Gasteiger partial charge in [0.25, 0.3) is 10.0 Å². The summed E-state index contributed by atoms with van der Waals surface area (Å²) in [6.07, 6.45) is 5.99. The van der Waals surface area contributed by atoms with Gasteiger partial charge >= 0.3 is 0 Å². The molecule has 2 unspecified atom stereocenters. The summed E-state index contributed by atoms with van der Waals surface area (Å²) >= 11 is 0. The molecule has 4 atom stereocenters. The molecule has 0 radical (unpaired) electrons. The maximum absolute atomic E-state index is 13.0. The number of nitrogens with zero attached hydrogens (tertiary/aromatic N) is 4. The predicted molar refractivity (Wildman–Crippen MR) is 89.6 cm³/mol. The Morgan fingerprint density at radius 1 is 1.09 bits per heavy atom. The zero-order valence-electron chi connectivity index (χ0n) is 14.7. The van der Waals surface area contributed by atoms with Crippen molar-refractivity contribution in [3.63, 3.8) is 0 Å². The van der Waals surface area contributed by atoms with E-state index in [0.29, 0.717) is 28.5 Å². The summed E-state index contributed by atoms with van der Waals surface area (Å²) < 4.78 is 29.0. The number of hydrogen-bond donors (Lipinski definition) is 0. The SMILES string of the molecule is Cc1cnn(C)c1S(=O)(=O)N(C)C1C[C@H]2CC(N(C)C)C[C@H]2C1. The number of aryl methyl sites for hydroxylation is 2. The number of hydrogen-bond acceptors (Lipinski definition) is 4. The lowest BCUT2D eigenvalue weighted by Gasteiger charge is -2.26. The molecule has 0 saturated heterocycles. The summed E-state index contributed by atoms with van der Waals surface area (Å²) in [6, 6.07) is 0.777. The quantitative estimate of drug-likeness (QED) is 0.833. The molecule has 130 valence electrons. The first-order chi connectivity index (χ1) is 10.7. The summed E-state index contributed by atoms with van der Waals surface area (Å²) in [4.78, 5) is 2.31. The number of fused-ring (bicyclic) bond motifs is 1. The van der Waals surface area contributed by atoms with Crippen LogP contribution in [-0.4, -0.2) is 60.6 Å². The molecule has 1 heterocycles. The molecular weight excluding hydrogens is 312 g/mol. The molecule has 23 heavy (non-hydrogen) atoms. The summed E-state index contributed by atoms with van der Waals surface area (Å²) in [5.41, 5.74) is 0.713. The third-order valence-electron chi connectivity index (χ3n) is 5.89. The van der Waals surface area contributed by atoms with E-state index in [1.165, 1.54) is 17.5 Å². The van der Waals surface area contributed by atoms with Crippen molar-refractivity contribution in [1.29, 1.82) is 0 Å². The molecular formula is C16H28N4O2S. The van der Waals surface area contributed by atoms with Crippen molar-refractivity contribution >= 4 is 10.0 Å². The van der Waals surface area contributed by atoms with Crippen LogP contribution in [0.3, 0.4) is 0 Å². The smallest absolute Gasteiger partial charge is 0.260 e. The summed E-state index contributed by atoms with van der Waals surface area (Å²) in [5, 5.41) is 4.41. The molecule has 0 aromatic carbocycles. The third kappa shape index (κ3) is 2.83. The minimum Gasteiger partial charge on any atom is -0.306 e. The second-order valence-electron chi connectivity index (χ2n) is 7.51. The molecule has 7 heteroatoms. The van der Waals surface area contributed by atoms with Gasteiger partial charge in [-0.15, -0.1) is 0 Å². The first kappa shape index (κ1) is 16.9. The Morgan fingerprint density at radius 3 is 2.04 bits per heavy atom. The van der Waals surface area contributed by atoms with Gasteiger partial charge in [-0.1, -0.05) is 0 Å². The van der Waals surface area contributed by atoms with Crippen molar-refractivity contribution in [1.82, 2.24) is 19.0 Å². The van der Waals surface area contributed by atoms with Crippen LogP contribution in [0, 0.1) is 18.8 Å². The fourth-order valence-electron chi connectivity index (χ4n) is 4.51. The van der Waals surface area contributed by atoms with Gasteiger partial charge in [0.1, 0.15) is 0 Å². The lowest BCUT2D eigenvalue weighted by atomic mass is 10.0. The minimum atomic E-state index is -3.48. The van der Waals surface area contributed by atoms with Crippen molar-refractivity contribution in [2.24, 2.45) is 18.9 Å². The first-order valence-electron chi connectivity index (χ1n) is 8.35. The average Bonchev–Trinajstić information content (AvgIpc) is 3.10. The predicted octanol–water partition coefficient (Wildman–Crippen LogP) is 1.47. The highest BCUT2D eigenvalue weighted by Gasteiger charge is 2.45. The van der Waals surface area contributed by atoms with E-state index in [0.717, 1.165) is 12.8 Å². The van der Waals surface area contributed by atoms with Gasteiger partial charge < -0.3 is 4.90 Å². The van der Waals surface area contributed by atoms with Crippen LogP contribution in [0.2, 0.25) is 0 Å². The van der Waals surface area contributed by atoms with Crippen LogP contribution < -0.4 is 0 Å². The standard InChI is InChI=1S/C16H28N4O2S/c1-11-10-17-19(4)16(11)23(21,22)20(5)15-8-12-6-14(18(2)3)7-13(12)9-15/h10,12-15H,6-9H2,1-5H3/t12-,13+,14?,15?. The summed E-state index contributed by atoms with van der Waals surface area (Å²) in [5.74, 6) is 1.33. The fraction of sp³-hybridized carbons (Fsp3) is 0.812. The highest BCUT2D eigenvalue weighted by molar-refractivity contribution is 7.89. The number of aromatic nitrogens is 2. The first-order valence-corrected chi connectivity index (χ1v) is 9.79.